The van der Waals surface area contributed by atoms with E-state index in [4.69, 9.17) is 11.6 Å². The molecule has 100 valence electrons. The number of rotatable bonds is 4. The molecular formula is C12H19ClN4O. The van der Waals surface area contributed by atoms with Gasteiger partial charge >= 0.3 is 0 Å². The van der Waals surface area contributed by atoms with E-state index in [1.54, 1.807) is 6.20 Å². The molecule has 0 radical (unpaired) electrons. The molecule has 1 aliphatic heterocycles. The standard InChI is InChI=1S/C12H19ClN4O/c1-3-17-6-4-5-9(17)8-16(2)10-7-14-15-12(18)11(10)13/h7,9H,3-6,8H2,1-2H3,(H,15,18). The number of hydrogen-bond donors (Lipinski definition) is 1. The molecule has 0 aromatic carbocycles. The zero-order valence-corrected chi connectivity index (χ0v) is 11.6. The molecule has 1 fully saturated rings. The van der Waals surface area contributed by atoms with Crippen molar-refractivity contribution in [3.63, 3.8) is 0 Å². The van der Waals surface area contributed by atoms with Gasteiger partial charge in [-0.3, -0.25) is 9.69 Å². The zero-order valence-electron chi connectivity index (χ0n) is 10.8. The third-order valence-electron chi connectivity index (χ3n) is 3.58. The molecule has 5 nitrogen and oxygen atoms in total. The maximum Gasteiger partial charge on any atom is 0.285 e. The first-order valence-electron chi connectivity index (χ1n) is 6.31. The molecule has 2 rings (SSSR count). The maximum absolute atomic E-state index is 11.4. The highest BCUT2D eigenvalue weighted by Crippen LogP contribution is 2.23. The fourth-order valence-corrected chi connectivity index (χ4v) is 2.81. The number of aromatic nitrogens is 2. The Bertz CT molecular complexity index is 462. The first-order chi connectivity index (χ1) is 8.63. The highest BCUT2D eigenvalue weighted by Gasteiger charge is 2.24. The Morgan fingerprint density at radius 2 is 2.44 bits per heavy atom. The predicted molar refractivity (Wildman–Crippen MR) is 73.4 cm³/mol. The van der Waals surface area contributed by atoms with Crippen LogP contribution in [0.5, 0.6) is 0 Å². The van der Waals surface area contributed by atoms with E-state index in [1.807, 2.05) is 11.9 Å². The lowest BCUT2D eigenvalue weighted by Crippen LogP contribution is -2.39. The van der Waals surface area contributed by atoms with E-state index in [1.165, 1.54) is 12.8 Å². The summed E-state index contributed by atoms with van der Waals surface area (Å²) in [7, 11) is 1.95. The molecule has 1 aliphatic rings. The average molecular weight is 271 g/mol. The Morgan fingerprint density at radius 3 is 3.17 bits per heavy atom. The molecule has 6 heteroatoms. The van der Waals surface area contributed by atoms with Crippen molar-refractivity contribution in [3.05, 3.63) is 21.6 Å². The van der Waals surface area contributed by atoms with Crippen LogP contribution < -0.4 is 10.5 Å². The summed E-state index contributed by atoms with van der Waals surface area (Å²) in [4.78, 5) is 15.9. The van der Waals surface area contributed by atoms with Gasteiger partial charge in [-0.2, -0.15) is 5.10 Å². The van der Waals surface area contributed by atoms with Crippen LogP contribution in [0.2, 0.25) is 5.02 Å². The third-order valence-corrected chi connectivity index (χ3v) is 3.94. The van der Waals surface area contributed by atoms with Crippen LogP contribution in [0.4, 0.5) is 5.69 Å². The number of hydrogen-bond acceptors (Lipinski definition) is 4. The van der Waals surface area contributed by atoms with Gasteiger partial charge in [-0.25, -0.2) is 5.10 Å². The number of nitrogens with zero attached hydrogens (tertiary/aromatic N) is 3. The van der Waals surface area contributed by atoms with Crippen LogP contribution >= 0.6 is 11.6 Å². The number of aromatic amines is 1. The lowest BCUT2D eigenvalue weighted by atomic mass is 10.2. The fourth-order valence-electron chi connectivity index (χ4n) is 2.57. The summed E-state index contributed by atoms with van der Waals surface area (Å²) < 4.78 is 0. The van der Waals surface area contributed by atoms with Crippen LogP contribution in [-0.2, 0) is 0 Å². The van der Waals surface area contributed by atoms with Gasteiger partial charge in [0.05, 0.1) is 11.9 Å². The van der Waals surface area contributed by atoms with Crippen molar-refractivity contribution in [1.29, 1.82) is 0 Å². The summed E-state index contributed by atoms with van der Waals surface area (Å²) in [5.74, 6) is 0. The van der Waals surface area contributed by atoms with E-state index in [2.05, 4.69) is 22.0 Å². The molecule has 18 heavy (non-hydrogen) atoms. The van der Waals surface area contributed by atoms with Gasteiger partial charge in [-0.1, -0.05) is 18.5 Å². The average Bonchev–Trinajstić information content (AvgIpc) is 2.79. The molecule has 0 amide bonds. The van der Waals surface area contributed by atoms with Crippen molar-refractivity contribution < 1.29 is 0 Å². The van der Waals surface area contributed by atoms with E-state index in [0.29, 0.717) is 11.7 Å². The number of halogens is 1. The Hall–Kier alpha value is -1.07. The molecule has 1 atom stereocenters. The SMILES string of the molecule is CCN1CCCC1CN(C)c1cn[nH]c(=O)c1Cl. The normalized spacial score (nSPS) is 20.3. The van der Waals surface area contributed by atoms with E-state index in [9.17, 15) is 4.79 Å². The molecular weight excluding hydrogens is 252 g/mol. The minimum absolute atomic E-state index is 0.216. The van der Waals surface area contributed by atoms with E-state index >= 15 is 0 Å². The van der Waals surface area contributed by atoms with Crippen LogP contribution in [0.25, 0.3) is 0 Å². The monoisotopic (exact) mass is 270 g/mol. The molecule has 2 heterocycles. The molecule has 1 unspecified atom stereocenters. The Morgan fingerprint density at radius 1 is 1.67 bits per heavy atom. The molecule has 1 saturated heterocycles. The Balaban J connectivity index is 2.10. The summed E-state index contributed by atoms with van der Waals surface area (Å²) in [6.45, 7) is 5.29. The Labute approximate surface area is 112 Å². The molecule has 1 aromatic heterocycles. The number of H-pyrrole nitrogens is 1. The summed E-state index contributed by atoms with van der Waals surface area (Å²) in [6.07, 6.45) is 4.05. The second kappa shape index (κ2) is 5.71. The zero-order chi connectivity index (χ0) is 13.1. The second-order valence-electron chi connectivity index (χ2n) is 4.70. The Kier molecular flexibility index (Phi) is 4.24. The lowest BCUT2D eigenvalue weighted by molar-refractivity contribution is 0.270. The van der Waals surface area contributed by atoms with Gasteiger partial charge in [-0.15, -0.1) is 0 Å². The summed E-state index contributed by atoms with van der Waals surface area (Å²) in [5, 5.41) is 6.35. The number of anilines is 1. The largest absolute Gasteiger partial charge is 0.370 e. The summed E-state index contributed by atoms with van der Waals surface area (Å²) in [6, 6.07) is 0.537. The van der Waals surface area contributed by atoms with E-state index in [0.717, 1.165) is 19.6 Å². The molecule has 0 bridgehead atoms. The van der Waals surface area contributed by atoms with E-state index in [-0.39, 0.29) is 10.6 Å². The predicted octanol–water partition coefficient (Wildman–Crippen LogP) is 1.34. The van der Waals surface area contributed by atoms with Gasteiger partial charge in [0.15, 0.2) is 0 Å². The van der Waals surface area contributed by atoms with Crippen LogP contribution in [0.1, 0.15) is 19.8 Å². The minimum Gasteiger partial charge on any atom is -0.370 e. The van der Waals surface area contributed by atoms with Crippen molar-refractivity contribution in [3.8, 4) is 0 Å². The van der Waals surface area contributed by atoms with Gasteiger partial charge < -0.3 is 4.90 Å². The van der Waals surface area contributed by atoms with Gasteiger partial charge in [0.1, 0.15) is 5.02 Å². The van der Waals surface area contributed by atoms with Crippen molar-refractivity contribution in [2.75, 3.05) is 31.6 Å². The molecule has 1 N–H and O–H groups in total. The van der Waals surface area contributed by atoms with Crippen molar-refractivity contribution in [2.24, 2.45) is 0 Å². The van der Waals surface area contributed by atoms with Gasteiger partial charge in [0.25, 0.3) is 5.56 Å². The minimum atomic E-state index is -0.334. The first-order valence-corrected chi connectivity index (χ1v) is 6.69. The second-order valence-corrected chi connectivity index (χ2v) is 5.08. The highest BCUT2D eigenvalue weighted by molar-refractivity contribution is 6.32. The van der Waals surface area contributed by atoms with Crippen LogP contribution in [0, 0.1) is 0 Å². The van der Waals surface area contributed by atoms with Gasteiger partial charge in [-0.05, 0) is 25.9 Å². The van der Waals surface area contributed by atoms with Crippen LogP contribution in [-0.4, -0.2) is 47.8 Å². The summed E-state index contributed by atoms with van der Waals surface area (Å²) >= 11 is 6.00. The quantitative estimate of drug-likeness (QED) is 0.897. The van der Waals surface area contributed by atoms with Gasteiger partial charge in [0.2, 0.25) is 0 Å². The molecule has 1 aromatic rings. The smallest absolute Gasteiger partial charge is 0.285 e. The number of likely N-dealkylation sites (tertiary alicyclic amines) is 1. The maximum atomic E-state index is 11.4. The first kappa shape index (κ1) is 13.4. The van der Waals surface area contributed by atoms with Crippen molar-refractivity contribution in [2.45, 2.75) is 25.8 Å². The number of likely N-dealkylation sites (N-methyl/N-ethyl adjacent to an activating group) is 2. The van der Waals surface area contributed by atoms with Gasteiger partial charge in [0, 0.05) is 19.6 Å². The topological polar surface area (TPSA) is 52.2 Å². The van der Waals surface area contributed by atoms with Crippen LogP contribution in [0.15, 0.2) is 11.0 Å². The third kappa shape index (κ3) is 2.67. The highest BCUT2D eigenvalue weighted by atomic mass is 35.5. The lowest BCUT2D eigenvalue weighted by Gasteiger charge is -2.28. The van der Waals surface area contributed by atoms with Crippen LogP contribution in [0.3, 0.4) is 0 Å². The molecule has 0 aliphatic carbocycles. The molecule has 0 saturated carbocycles. The van der Waals surface area contributed by atoms with Crippen molar-refractivity contribution in [1.82, 2.24) is 15.1 Å². The van der Waals surface area contributed by atoms with E-state index < -0.39 is 0 Å². The fraction of sp³-hybridized carbons (Fsp3) is 0.667. The summed E-state index contributed by atoms with van der Waals surface area (Å²) in [5.41, 5.74) is 0.364. The number of nitrogens with one attached hydrogen (secondary N) is 1. The molecule has 0 spiro atoms. The van der Waals surface area contributed by atoms with Crippen molar-refractivity contribution >= 4 is 17.3 Å².